The summed E-state index contributed by atoms with van der Waals surface area (Å²) in [5, 5.41) is 0. The minimum Gasteiger partial charge on any atom is -0.462 e. The molecule has 2 atom stereocenters. The summed E-state index contributed by atoms with van der Waals surface area (Å²) in [6.45, 7) is 13.7. The molecule has 6 nitrogen and oxygen atoms in total. The Kier molecular flexibility index (Phi) is 43.3. The fourth-order valence-electron chi connectivity index (χ4n) is 7.91. The van der Waals surface area contributed by atoms with Crippen LogP contribution in [0.4, 0.5) is 0 Å². The second-order valence-corrected chi connectivity index (χ2v) is 19.4. The van der Waals surface area contributed by atoms with Gasteiger partial charge in [0.25, 0.3) is 0 Å². The first-order chi connectivity index (χ1) is 28.6. The van der Waals surface area contributed by atoms with Crippen molar-refractivity contribution < 1.29 is 28.6 Å². The first-order valence-electron chi connectivity index (χ1n) is 26.1. The van der Waals surface area contributed by atoms with Gasteiger partial charge in [-0.3, -0.25) is 14.4 Å². The Morgan fingerprint density at radius 3 is 0.881 bits per heavy atom. The van der Waals surface area contributed by atoms with Crippen LogP contribution in [0.3, 0.4) is 0 Å². The molecule has 0 aliphatic heterocycles. The summed E-state index contributed by atoms with van der Waals surface area (Å²) >= 11 is 0. The average Bonchev–Trinajstić information content (AvgIpc) is 3.20. The Bertz CT molecular complexity index is 916. The highest BCUT2D eigenvalue weighted by atomic mass is 16.6. The maximum atomic E-state index is 12.8. The van der Waals surface area contributed by atoms with E-state index in [0.29, 0.717) is 19.3 Å². The second kappa shape index (κ2) is 44.5. The van der Waals surface area contributed by atoms with Gasteiger partial charge in [0.15, 0.2) is 6.10 Å². The maximum absolute atomic E-state index is 12.8. The molecule has 0 aromatic rings. The zero-order valence-electron chi connectivity index (χ0n) is 40.5. The predicted octanol–water partition coefficient (Wildman–Crippen LogP) is 16.8. The molecule has 0 aromatic heterocycles. The molecule has 0 spiro atoms. The molecule has 0 heterocycles. The van der Waals surface area contributed by atoms with E-state index in [1.165, 1.54) is 167 Å². The van der Waals surface area contributed by atoms with Crippen LogP contribution >= 0.6 is 0 Å². The molecule has 0 bridgehead atoms. The summed E-state index contributed by atoms with van der Waals surface area (Å²) in [5.74, 6) is 1.66. The van der Waals surface area contributed by atoms with Gasteiger partial charge in [-0.05, 0) is 37.0 Å². The van der Waals surface area contributed by atoms with Crippen LogP contribution in [0.5, 0.6) is 0 Å². The molecule has 59 heavy (non-hydrogen) atoms. The van der Waals surface area contributed by atoms with E-state index in [0.717, 1.165) is 75.5 Å². The van der Waals surface area contributed by atoms with Crippen LogP contribution in [0.15, 0.2) is 0 Å². The Labute approximate surface area is 368 Å². The lowest BCUT2D eigenvalue weighted by molar-refractivity contribution is -0.167. The van der Waals surface area contributed by atoms with Crippen LogP contribution in [-0.4, -0.2) is 37.2 Å². The number of carbonyl (C=O) groups is 3. The van der Waals surface area contributed by atoms with Gasteiger partial charge < -0.3 is 14.2 Å². The van der Waals surface area contributed by atoms with Gasteiger partial charge in [0.1, 0.15) is 13.2 Å². The molecule has 0 fully saturated rings. The van der Waals surface area contributed by atoms with Crippen molar-refractivity contribution in [3.05, 3.63) is 0 Å². The van der Waals surface area contributed by atoms with Crippen molar-refractivity contribution in [1.29, 1.82) is 0 Å². The number of hydrogen-bond donors (Lipinski definition) is 0. The summed E-state index contributed by atoms with van der Waals surface area (Å²) in [5.41, 5.74) is 0. The molecule has 6 heteroatoms. The van der Waals surface area contributed by atoms with Crippen LogP contribution < -0.4 is 0 Å². The van der Waals surface area contributed by atoms with Gasteiger partial charge in [0, 0.05) is 19.3 Å². The highest BCUT2D eigenvalue weighted by Crippen LogP contribution is 2.18. The zero-order valence-corrected chi connectivity index (χ0v) is 40.5. The number of esters is 3. The van der Waals surface area contributed by atoms with Crippen LogP contribution in [-0.2, 0) is 28.6 Å². The topological polar surface area (TPSA) is 78.9 Å². The fourth-order valence-corrected chi connectivity index (χ4v) is 7.91. The summed E-state index contributed by atoms with van der Waals surface area (Å²) in [6.07, 6.45) is 43.7. The van der Waals surface area contributed by atoms with Gasteiger partial charge in [-0.25, -0.2) is 0 Å². The largest absolute Gasteiger partial charge is 0.462 e. The predicted molar refractivity (Wildman–Crippen MR) is 252 cm³/mol. The van der Waals surface area contributed by atoms with Crippen molar-refractivity contribution in [2.75, 3.05) is 13.2 Å². The number of unbranched alkanes of at least 4 members (excludes halogenated alkanes) is 28. The molecule has 0 radical (unpaired) electrons. The molecular weight excluding hydrogens is 733 g/mol. The van der Waals surface area contributed by atoms with Crippen LogP contribution in [0.25, 0.3) is 0 Å². The molecule has 350 valence electrons. The quantitative estimate of drug-likeness (QED) is 0.0345. The molecular formula is C53H102O6. The van der Waals surface area contributed by atoms with Crippen LogP contribution in [0.2, 0.25) is 0 Å². The van der Waals surface area contributed by atoms with Gasteiger partial charge in [-0.2, -0.15) is 0 Å². The summed E-state index contributed by atoms with van der Waals surface area (Å²) < 4.78 is 16.8. The molecule has 0 N–H and O–H groups in total. The van der Waals surface area contributed by atoms with Gasteiger partial charge >= 0.3 is 17.9 Å². The van der Waals surface area contributed by atoms with E-state index in [1.807, 2.05) is 0 Å². The summed E-state index contributed by atoms with van der Waals surface area (Å²) in [6, 6.07) is 0. The van der Waals surface area contributed by atoms with E-state index in [-0.39, 0.29) is 31.1 Å². The zero-order chi connectivity index (χ0) is 43.4. The number of rotatable bonds is 46. The molecule has 0 aliphatic rings. The lowest BCUT2D eigenvalue weighted by atomic mass is 9.99. The van der Waals surface area contributed by atoms with Crippen LogP contribution in [0.1, 0.15) is 286 Å². The minimum absolute atomic E-state index is 0.0649. The third-order valence-corrected chi connectivity index (χ3v) is 12.3. The van der Waals surface area contributed by atoms with E-state index in [2.05, 4.69) is 41.5 Å². The lowest BCUT2D eigenvalue weighted by Crippen LogP contribution is -2.30. The molecule has 0 saturated heterocycles. The highest BCUT2D eigenvalue weighted by Gasteiger charge is 2.19. The maximum Gasteiger partial charge on any atom is 0.306 e. The number of carbonyl (C=O) groups excluding carboxylic acids is 3. The van der Waals surface area contributed by atoms with Crippen molar-refractivity contribution >= 4 is 17.9 Å². The summed E-state index contributed by atoms with van der Waals surface area (Å²) in [7, 11) is 0. The molecule has 0 rings (SSSR count). The normalized spacial score (nSPS) is 12.6. The minimum atomic E-state index is -0.763. The summed E-state index contributed by atoms with van der Waals surface area (Å²) in [4.78, 5) is 38.0. The molecule has 0 aliphatic carbocycles. The third kappa shape index (κ3) is 45.8. The van der Waals surface area contributed by atoms with Crippen molar-refractivity contribution in [2.45, 2.75) is 292 Å². The van der Waals surface area contributed by atoms with Crippen LogP contribution in [0, 0.1) is 17.8 Å². The van der Waals surface area contributed by atoms with E-state index in [4.69, 9.17) is 14.2 Å². The lowest BCUT2D eigenvalue weighted by Gasteiger charge is -2.18. The van der Waals surface area contributed by atoms with Gasteiger partial charge in [-0.15, -0.1) is 0 Å². The second-order valence-electron chi connectivity index (χ2n) is 19.4. The van der Waals surface area contributed by atoms with Crippen molar-refractivity contribution in [3.8, 4) is 0 Å². The average molecular weight is 835 g/mol. The Morgan fingerprint density at radius 1 is 0.339 bits per heavy atom. The fraction of sp³-hybridized carbons (Fsp3) is 0.943. The Morgan fingerprint density at radius 2 is 0.593 bits per heavy atom. The van der Waals surface area contributed by atoms with E-state index < -0.39 is 6.10 Å². The first-order valence-corrected chi connectivity index (χ1v) is 26.1. The van der Waals surface area contributed by atoms with Gasteiger partial charge in [0.05, 0.1) is 0 Å². The SMILES string of the molecule is CCC(C)CCCCCCCCCCCCC(=O)OC[C@@H](COC(=O)CCCCCCCCCCCCCCC(C)C)OC(=O)CCCCCCCCCCCC(C)C. The van der Waals surface area contributed by atoms with E-state index >= 15 is 0 Å². The molecule has 0 saturated carbocycles. The van der Waals surface area contributed by atoms with Gasteiger partial charge in [0.2, 0.25) is 0 Å². The van der Waals surface area contributed by atoms with Crippen molar-refractivity contribution in [2.24, 2.45) is 17.8 Å². The molecule has 0 aromatic carbocycles. The number of hydrogen-bond acceptors (Lipinski definition) is 6. The third-order valence-electron chi connectivity index (χ3n) is 12.3. The standard InChI is InChI=1S/C53H102O6/c1-7-49(6)41-35-29-23-17-12-13-19-25-31-37-43-52(55)58-46-50(59-53(56)44-38-32-26-20-14-16-22-28-34-40-48(4)5)45-57-51(54)42-36-30-24-18-11-9-8-10-15-21-27-33-39-47(2)3/h47-50H,7-46H2,1-6H3/t49?,50-/m1/s1. The molecule has 1 unspecified atom stereocenters. The van der Waals surface area contributed by atoms with Crippen molar-refractivity contribution in [1.82, 2.24) is 0 Å². The first kappa shape index (κ1) is 57.4. The Balaban J connectivity index is 4.32. The Hall–Kier alpha value is -1.59. The van der Waals surface area contributed by atoms with Gasteiger partial charge in [-0.1, -0.05) is 247 Å². The van der Waals surface area contributed by atoms with E-state index in [1.54, 1.807) is 0 Å². The van der Waals surface area contributed by atoms with Crippen molar-refractivity contribution in [3.63, 3.8) is 0 Å². The smallest absolute Gasteiger partial charge is 0.306 e. The molecule has 0 amide bonds. The monoisotopic (exact) mass is 835 g/mol. The highest BCUT2D eigenvalue weighted by molar-refractivity contribution is 5.71. The number of ether oxygens (including phenoxy) is 3. The van der Waals surface area contributed by atoms with E-state index in [9.17, 15) is 14.4 Å².